The average Bonchev–Trinajstić information content (AvgIpc) is 2.67. The molecule has 0 saturated heterocycles. The first-order valence-electron chi connectivity index (χ1n) is 8.35. The number of methoxy groups -OCH3 is 1. The van der Waals surface area contributed by atoms with Crippen LogP contribution in [0.3, 0.4) is 0 Å². The smallest absolute Gasteiger partial charge is 0.276 e. The van der Waals surface area contributed by atoms with Crippen LogP contribution in [0.2, 0.25) is 0 Å². The van der Waals surface area contributed by atoms with E-state index in [9.17, 15) is 4.79 Å². The summed E-state index contributed by atoms with van der Waals surface area (Å²) in [7, 11) is 1.63. The molecule has 1 N–H and O–H groups in total. The third kappa shape index (κ3) is 2.74. The molecular formula is C19H18N4O2S. The lowest BCUT2D eigenvalue weighted by atomic mass is 10.1. The van der Waals surface area contributed by atoms with Crippen LogP contribution in [0, 0.1) is 0 Å². The number of amidine groups is 1. The Hall–Kier alpha value is -2.80. The summed E-state index contributed by atoms with van der Waals surface area (Å²) in [5.74, 6) is 1.36. The number of carbonyl (C=O) groups excluding carboxylic acids is 1. The fourth-order valence-corrected chi connectivity index (χ4v) is 3.70. The lowest BCUT2D eigenvalue weighted by Crippen LogP contribution is -2.50. The number of thioether (sulfide) groups is 1. The van der Waals surface area contributed by atoms with Gasteiger partial charge >= 0.3 is 0 Å². The van der Waals surface area contributed by atoms with E-state index in [1.54, 1.807) is 12.1 Å². The molecule has 0 aromatic heterocycles. The number of nitrogens with one attached hydrogen (secondary N) is 1. The summed E-state index contributed by atoms with van der Waals surface area (Å²) in [6, 6.07) is 15.3. The van der Waals surface area contributed by atoms with Crippen LogP contribution in [0.5, 0.6) is 5.75 Å². The van der Waals surface area contributed by atoms with Gasteiger partial charge in [-0.05, 0) is 17.9 Å². The first-order valence-corrected chi connectivity index (χ1v) is 9.33. The van der Waals surface area contributed by atoms with Gasteiger partial charge in [-0.1, -0.05) is 55.1 Å². The summed E-state index contributed by atoms with van der Waals surface area (Å²) >= 11 is 1.49. The van der Waals surface area contributed by atoms with Gasteiger partial charge in [0.05, 0.1) is 12.5 Å². The van der Waals surface area contributed by atoms with Crippen molar-refractivity contribution in [3.63, 3.8) is 0 Å². The molecule has 2 aromatic rings. The Kier molecular flexibility index (Phi) is 4.38. The molecular weight excluding hydrogens is 348 g/mol. The average molecular weight is 366 g/mol. The quantitative estimate of drug-likeness (QED) is 0.896. The predicted octanol–water partition coefficient (Wildman–Crippen LogP) is 1.59. The Bertz CT molecular complexity index is 1020. The number of rotatable bonds is 3. The second-order valence-electron chi connectivity index (χ2n) is 5.75. The first kappa shape index (κ1) is 16.7. The number of hydrogen-bond donors (Lipinski definition) is 1. The molecule has 6 nitrogen and oxygen atoms in total. The maximum Gasteiger partial charge on any atom is 0.276 e. The SMILES string of the molecule is CCSC1=NN2C(=c3ccccc3=NC2c2ccccc2OC)C(=O)N1. The molecule has 132 valence electrons. The van der Waals surface area contributed by atoms with E-state index in [-0.39, 0.29) is 5.91 Å². The fourth-order valence-electron chi connectivity index (χ4n) is 3.11. The van der Waals surface area contributed by atoms with E-state index in [2.05, 4.69) is 10.4 Å². The van der Waals surface area contributed by atoms with Crippen LogP contribution in [-0.2, 0) is 4.79 Å². The minimum Gasteiger partial charge on any atom is -0.496 e. The van der Waals surface area contributed by atoms with Crippen molar-refractivity contribution in [3.8, 4) is 5.75 Å². The zero-order valence-corrected chi connectivity index (χ0v) is 15.3. The van der Waals surface area contributed by atoms with Crippen LogP contribution in [0.25, 0.3) is 5.70 Å². The molecule has 0 fully saturated rings. The van der Waals surface area contributed by atoms with Gasteiger partial charge in [0.15, 0.2) is 11.3 Å². The van der Waals surface area contributed by atoms with Crippen LogP contribution < -0.4 is 20.6 Å². The number of hydrazone groups is 1. The Morgan fingerprint density at radius 3 is 2.77 bits per heavy atom. The monoisotopic (exact) mass is 366 g/mol. The fraction of sp³-hybridized carbons (Fsp3) is 0.211. The summed E-state index contributed by atoms with van der Waals surface area (Å²) in [5, 5.41) is 11.4. The molecule has 26 heavy (non-hydrogen) atoms. The summed E-state index contributed by atoms with van der Waals surface area (Å²) in [6.45, 7) is 2.02. The standard InChI is InChI=1S/C19H18N4O2S/c1-3-26-19-21-18(24)16-12-8-4-6-10-14(12)20-17(23(16)22-19)13-9-5-7-11-15(13)25-2/h4-11,17H,3H2,1-2H3,(H,21,22,24). The number of nitrogens with zero attached hydrogens (tertiary/aromatic N) is 3. The Labute approximate surface area is 155 Å². The van der Waals surface area contributed by atoms with Crippen molar-refractivity contribution in [1.29, 1.82) is 0 Å². The van der Waals surface area contributed by atoms with Gasteiger partial charge in [-0.25, -0.2) is 5.01 Å². The zero-order chi connectivity index (χ0) is 18.1. The van der Waals surface area contributed by atoms with Gasteiger partial charge in [0.25, 0.3) is 5.91 Å². The van der Waals surface area contributed by atoms with E-state index in [0.29, 0.717) is 16.6 Å². The molecule has 0 radical (unpaired) electrons. The molecule has 0 bridgehead atoms. The van der Waals surface area contributed by atoms with Gasteiger partial charge in [0.2, 0.25) is 0 Å². The van der Waals surface area contributed by atoms with Crippen LogP contribution in [-0.4, -0.2) is 28.9 Å². The second-order valence-corrected chi connectivity index (χ2v) is 7.00. The number of hydrogen-bond acceptors (Lipinski definition) is 6. The highest BCUT2D eigenvalue weighted by Gasteiger charge is 2.35. The van der Waals surface area contributed by atoms with Gasteiger partial charge < -0.3 is 4.74 Å². The van der Waals surface area contributed by atoms with Crippen molar-refractivity contribution in [2.24, 2.45) is 10.1 Å². The maximum atomic E-state index is 12.9. The third-order valence-electron chi connectivity index (χ3n) is 4.21. The van der Waals surface area contributed by atoms with Crippen molar-refractivity contribution in [1.82, 2.24) is 10.3 Å². The third-order valence-corrected chi connectivity index (χ3v) is 4.96. The minimum atomic E-state index is -0.463. The van der Waals surface area contributed by atoms with Gasteiger partial charge in [0, 0.05) is 10.8 Å². The van der Waals surface area contributed by atoms with Crippen molar-refractivity contribution in [3.05, 3.63) is 64.7 Å². The highest BCUT2D eigenvalue weighted by atomic mass is 32.2. The molecule has 0 saturated carbocycles. The largest absolute Gasteiger partial charge is 0.496 e. The lowest BCUT2D eigenvalue weighted by molar-refractivity contribution is -0.116. The molecule has 1 amide bonds. The highest BCUT2D eigenvalue weighted by molar-refractivity contribution is 8.13. The molecule has 2 aliphatic rings. The van der Waals surface area contributed by atoms with E-state index in [0.717, 1.165) is 21.9 Å². The lowest BCUT2D eigenvalue weighted by Gasteiger charge is -2.34. The van der Waals surface area contributed by atoms with Crippen molar-refractivity contribution in [2.75, 3.05) is 12.9 Å². The molecule has 1 unspecified atom stereocenters. The van der Waals surface area contributed by atoms with E-state index < -0.39 is 6.17 Å². The van der Waals surface area contributed by atoms with Crippen LogP contribution >= 0.6 is 11.8 Å². The predicted molar refractivity (Wildman–Crippen MR) is 102 cm³/mol. The molecule has 2 heterocycles. The van der Waals surface area contributed by atoms with Crippen LogP contribution in [0.15, 0.2) is 58.6 Å². The molecule has 2 aromatic carbocycles. The van der Waals surface area contributed by atoms with E-state index in [1.165, 1.54) is 11.8 Å². The summed E-state index contributed by atoms with van der Waals surface area (Å²) in [4.78, 5) is 17.7. The zero-order valence-electron chi connectivity index (χ0n) is 14.5. The molecule has 0 spiro atoms. The van der Waals surface area contributed by atoms with Gasteiger partial charge in [-0.3, -0.25) is 15.1 Å². The Morgan fingerprint density at radius 2 is 1.96 bits per heavy atom. The molecule has 7 heteroatoms. The number of fused-ring (bicyclic) bond motifs is 2. The Morgan fingerprint density at radius 1 is 1.19 bits per heavy atom. The Balaban J connectivity index is 1.97. The molecule has 1 atom stereocenters. The normalized spacial score (nSPS) is 18.3. The van der Waals surface area contributed by atoms with Crippen molar-refractivity contribution in [2.45, 2.75) is 13.1 Å². The number of para-hydroxylation sites is 2. The molecule has 2 aliphatic heterocycles. The maximum absolute atomic E-state index is 12.9. The molecule has 0 aliphatic carbocycles. The number of amides is 1. The van der Waals surface area contributed by atoms with E-state index in [1.807, 2.05) is 55.5 Å². The number of ether oxygens (including phenoxy) is 1. The summed E-state index contributed by atoms with van der Waals surface area (Å²) in [5.41, 5.74) is 1.37. The van der Waals surface area contributed by atoms with E-state index in [4.69, 9.17) is 9.73 Å². The number of benzene rings is 2. The number of carbonyl (C=O) groups is 1. The van der Waals surface area contributed by atoms with Gasteiger partial charge in [-0.2, -0.15) is 0 Å². The minimum absolute atomic E-state index is 0.168. The van der Waals surface area contributed by atoms with Crippen LogP contribution in [0.4, 0.5) is 0 Å². The highest BCUT2D eigenvalue weighted by Crippen LogP contribution is 2.35. The topological polar surface area (TPSA) is 66.3 Å². The first-order chi connectivity index (χ1) is 12.7. The van der Waals surface area contributed by atoms with Gasteiger partial charge in [-0.15, -0.1) is 5.10 Å². The van der Waals surface area contributed by atoms with Crippen LogP contribution in [0.1, 0.15) is 18.7 Å². The summed E-state index contributed by atoms with van der Waals surface area (Å²) in [6.07, 6.45) is -0.463. The van der Waals surface area contributed by atoms with Crippen molar-refractivity contribution >= 4 is 28.5 Å². The van der Waals surface area contributed by atoms with Crippen molar-refractivity contribution < 1.29 is 9.53 Å². The summed E-state index contributed by atoms with van der Waals surface area (Å²) < 4.78 is 5.52. The van der Waals surface area contributed by atoms with E-state index >= 15 is 0 Å². The molecule has 4 rings (SSSR count). The second kappa shape index (κ2) is 6.84. The van der Waals surface area contributed by atoms with Gasteiger partial charge in [0.1, 0.15) is 11.4 Å².